The third-order valence-electron chi connectivity index (χ3n) is 7.61. The van der Waals surface area contributed by atoms with E-state index in [0.717, 1.165) is 43.6 Å². The Bertz CT molecular complexity index is 1190. The Kier molecular flexibility index (Phi) is 10.9. The van der Waals surface area contributed by atoms with E-state index < -0.39 is 30.3 Å². The van der Waals surface area contributed by atoms with Crippen LogP contribution in [0.1, 0.15) is 97.9 Å². The number of nitrogens with zero attached hydrogens (tertiary/aromatic N) is 3. The molecule has 234 valence electrons. The molecule has 42 heavy (non-hydrogen) atoms. The molecule has 0 unspecified atom stereocenters. The molecule has 1 fully saturated rings. The van der Waals surface area contributed by atoms with Crippen LogP contribution in [0.3, 0.4) is 0 Å². The summed E-state index contributed by atoms with van der Waals surface area (Å²) in [6.45, 7) is 17.2. The van der Waals surface area contributed by atoms with Crippen LogP contribution in [0.15, 0.2) is 24.5 Å². The lowest BCUT2D eigenvalue weighted by molar-refractivity contribution is -0.171. The van der Waals surface area contributed by atoms with Crippen molar-refractivity contribution in [2.75, 3.05) is 24.6 Å². The maximum Gasteiger partial charge on any atom is 0.389 e. The van der Waals surface area contributed by atoms with Crippen molar-refractivity contribution < 1.29 is 32.2 Å². The van der Waals surface area contributed by atoms with Gasteiger partial charge in [0.15, 0.2) is 6.10 Å². The van der Waals surface area contributed by atoms with E-state index in [1.165, 1.54) is 6.20 Å². The van der Waals surface area contributed by atoms with E-state index in [-0.39, 0.29) is 24.5 Å². The van der Waals surface area contributed by atoms with Gasteiger partial charge in [0.25, 0.3) is 0 Å². The zero-order chi connectivity index (χ0) is 31.3. The van der Waals surface area contributed by atoms with Gasteiger partial charge in [-0.1, -0.05) is 20.3 Å². The number of carbonyl (C=O) groups is 1. The van der Waals surface area contributed by atoms with Crippen LogP contribution >= 0.6 is 0 Å². The molecule has 0 aromatic carbocycles. The number of pyridine rings is 2. The molecule has 1 aliphatic heterocycles. The van der Waals surface area contributed by atoms with Crippen molar-refractivity contribution in [2.45, 2.75) is 111 Å². The SMILES string of the molecule is CCC1(C)CCN(c2c(-c3ccc(OCCCC(F)(F)F)cn3)cnc(C)c2[C@H](OC(C)(C)C)C(=O)OC(C)C)CC1. The van der Waals surface area contributed by atoms with E-state index in [4.69, 9.17) is 14.2 Å². The van der Waals surface area contributed by atoms with Crippen LogP contribution in [-0.4, -0.2) is 53.5 Å². The van der Waals surface area contributed by atoms with Crippen molar-refractivity contribution in [3.63, 3.8) is 0 Å². The van der Waals surface area contributed by atoms with Gasteiger partial charge >= 0.3 is 12.1 Å². The summed E-state index contributed by atoms with van der Waals surface area (Å²) in [6, 6.07) is 3.46. The van der Waals surface area contributed by atoms with E-state index in [9.17, 15) is 18.0 Å². The lowest BCUT2D eigenvalue weighted by Crippen LogP contribution is -2.40. The third-order valence-corrected chi connectivity index (χ3v) is 7.61. The molecule has 0 radical (unpaired) electrons. The molecule has 10 heteroatoms. The molecule has 1 saturated heterocycles. The minimum atomic E-state index is -4.21. The lowest BCUT2D eigenvalue weighted by atomic mass is 9.78. The number of hydrogen-bond donors (Lipinski definition) is 0. The van der Waals surface area contributed by atoms with Gasteiger partial charge in [-0.15, -0.1) is 0 Å². The predicted molar refractivity (Wildman–Crippen MR) is 158 cm³/mol. The largest absolute Gasteiger partial charge is 0.492 e. The maximum atomic E-state index is 13.6. The fourth-order valence-electron chi connectivity index (χ4n) is 5.03. The number of alkyl halides is 3. The topological polar surface area (TPSA) is 73.8 Å². The molecule has 0 spiro atoms. The molecule has 0 bridgehead atoms. The summed E-state index contributed by atoms with van der Waals surface area (Å²) >= 11 is 0. The molecule has 1 aliphatic rings. The Balaban J connectivity index is 2.07. The summed E-state index contributed by atoms with van der Waals surface area (Å²) in [5.41, 5.74) is 3.09. The second kappa shape index (κ2) is 13.6. The van der Waals surface area contributed by atoms with Crippen molar-refractivity contribution in [3.05, 3.63) is 35.8 Å². The zero-order valence-electron chi connectivity index (χ0n) is 26.2. The highest BCUT2D eigenvalue weighted by molar-refractivity contribution is 5.86. The Morgan fingerprint density at radius 1 is 1.10 bits per heavy atom. The molecule has 0 saturated carbocycles. The van der Waals surface area contributed by atoms with E-state index in [2.05, 4.69) is 28.7 Å². The predicted octanol–water partition coefficient (Wildman–Crippen LogP) is 8.00. The van der Waals surface area contributed by atoms with Gasteiger partial charge in [-0.05, 0) is 78.4 Å². The first-order valence-corrected chi connectivity index (χ1v) is 14.8. The number of esters is 1. The van der Waals surface area contributed by atoms with E-state index >= 15 is 0 Å². The minimum Gasteiger partial charge on any atom is -0.492 e. The summed E-state index contributed by atoms with van der Waals surface area (Å²) in [7, 11) is 0. The van der Waals surface area contributed by atoms with Crippen LogP contribution in [0.4, 0.5) is 18.9 Å². The van der Waals surface area contributed by atoms with Gasteiger partial charge in [0.1, 0.15) is 5.75 Å². The number of hydrogen-bond acceptors (Lipinski definition) is 7. The first-order valence-electron chi connectivity index (χ1n) is 14.8. The monoisotopic (exact) mass is 593 g/mol. The zero-order valence-corrected chi connectivity index (χ0v) is 26.2. The summed E-state index contributed by atoms with van der Waals surface area (Å²) in [6.07, 6.45) is -0.248. The highest BCUT2D eigenvalue weighted by Gasteiger charge is 2.37. The number of rotatable bonds is 11. The molecule has 2 aromatic rings. The molecule has 3 heterocycles. The van der Waals surface area contributed by atoms with Gasteiger partial charge in [0, 0.05) is 42.5 Å². The molecule has 0 amide bonds. The average Bonchev–Trinajstić information content (AvgIpc) is 2.89. The van der Waals surface area contributed by atoms with E-state index in [1.54, 1.807) is 32.2 Å². The number of anilines is 1. The fraction of sp³-hybridized carbons (Fsp3) is 0.656. The van der Waals surface area contributed by atoms with Gasteiger partial charge in [0.05, 0.1) is 35.9 Å². The normalized spacial score (nSPS) is 16.4. The number of piperidine rings is 1. The van der Waals surface area contributed by atoms with Crippen molar-refractivity contribution in [1.29, 1.82) is 0 Å². The summed E-state index contributed by atoms with van der Waals surface area (Å²) in [5, 5.41) is 0. The number of carbonyl (C=O) groups excluding carboxylic acids is 1. The number of halogens is 3. The first kappa shape index (κ1) is 33.6. The Labute approximate surface area is 248 Å². The molecular weight excluding hydrogens is 547 g/mol. The third kappa shape index (κ3) is 9.31. The first-order chi connectivity index (χ1) is 19.5. The number of ether oxygens (including phenoxy) is 3. The second-order valence-electron chi connectivity index (χ2n) is 12.7. The van der Waals surface area contributed by atoms with Crippen molar-refractivity contribution in [2.24, 2.45) is 5.41 Å². The van der Waals surface area contributed by atoms with E-state index in [1.807, 2.05) is 27.7 Å². The molecule has 2 aromatic heterocycles. The second-order valence-corrected chi connectivity index (χ2v) is 12.7. The van der Waals surface area contributed by atoms with Crippen LogP contribution in [0.25, 0.3) is 11.3 Å². The number of aromatic nitrogens is 2. The average molecular weight is 594 g/mol. The summed E-state index contributed by atoms with van der Waals surface area (Å²) in [5.74, 6) is -0.0943. The van der Waals surface area contributed by atoms with Crippen molar-refractivity contribution >= 4 is 11.7 Å². The smallest absolute Gasteiger partial charge is 0.389 e. The van der Waals surface area contributed by atoms with Crippen LogP contribution in [0.5, 0.6) is 5.75 Å². The molecule has 7 nitrogen and oxygen atoms in total. The quantitative estimate of drug-likeness (QED) is 0.193. The molecule has 0 aliphatic carbocycles. The number of aryl methyl sites for hydroxylation is 1. The molecule has 1 atom stereocenters. The van der Waals surface area contributed by atoms with Gasteiger partial charge < -0.3 is 19.1 Å². The van der Waals surface area contributed by atoms with E-state index in [0.29, 0.717) is 22.7 Å². The molecule has 0 N–H and O–H groups in total. The highest BCUT2D eigenvalue weighted by Crippen LogP contribution is 2.44. The summed E-state index contributed by atoms with van der Waals surface area (Å²) < 4.78 is 55.0. The van der Waals surface area contributed by atoms with Gasteiger partial charge in [0.2, 0.25) is 0 Å². The van der Waals surface area contributed by atoms with Gasteiger partial charge in [-0.2, -0.15) is 13.2 Å². The van der Waals surface area contributed by atoms with Crippen LogP contribution in [-0.2, 0) is 14.3 Å². The fourth-order valence-corrected chi connectivity index (χ4v) is 5.03. The van der Waals surface area contributed by atoms with Gasteiger partial charge in [-0.25, -0.2) is 4.79 Å². The lowest BCUT2D eigenvalue weighted by Gasteiger charge is -2.42. The Hall–Kier alpha value is -2.88. The summed E-state index contributed by atoms with van der Waals surface area (Å²) in [4.78, 5) is 25.1. The maximum absolute atomic E-state index is 13.6. The molecule has 3 rings (SSSR count). The van der Waals surface area contributed by atoms with Crippen LogP contribution in [0, 0.1) is 12.3 Å². The van der Waals surface area contributed by atoms with Gasteiger partial charge in [-0.3, -0.25) is 9.97 Å². The highest BCUT2D eigenvalue weighted by atomic mass is 19.4. The standard InChI is InChI=1S/C32H46F3N3O4/c1-9-31(8)14-16-38(17-15-31)27-24(25-12-11-23(19-37-25)40-18-10-13-32(33,34)35)20-36-22(4)26(27)28(42-30(5,6)7)29(39)41-21(2)3/h11-12,19-21,28H,9-10,13-18H2,1-8H3/t28-/m0/s1. The van der Waals surface area contributed by atoms with Crippen molar-refractivity contribution in [1.82, 2.24) is 9.97 Å². The van der Waals surface area contributed by atoms with Crippen LogP contribution in [0.2, 0.25) is 0 Å². The Morgan fingerprint density at radius 3 is 2.29 bits per heavy atom. The minimum absolute atomic E-state index is 0.0597. The van der Waals surface area contributed by atoms with Crippen molar-refractivity contribution in [3.8, 4) is 17.0 Å². The Morgan fingerprint density at radius 2 is 1.76 bits per heavy atom. The molecular formula is C32H46F3N3O4. The van der Waals surface area contributed by atoms with Crippen LogP contribution < -0.4 is 9.64 Å².